The van der Waals surface area contributed by atoms with E-state index in [4.69, 9.17) is 0 Å². The minimum absolute atomic E-state index is 0.225. The van der Waals surface area contributed by atoms with Crippen LogP contribution in [0.2, 0.25) is 0 Å². The van der Waals surface area contributed by atoms with Crippen LogP contribution in [0.1, 0.15) is 5.56 Å². The van der Waals surface area contributed by atoms with Crippen molar-refractivity contribution in [2.45, 2.75) is 6.18 Å². The molecule has 0 radical (unpaired) electrons. The third kappa shape index (κ3) is 2.14. The third-order valence-corrected chi connectivity index (χ3v) is 1.69. The molecule has 0 bridgehead atoms. The zero-order valence-electron chi connectivity index (χ0n) is 7.41. The molecule has 0 unspecified atom stereocenters. The summed E-state index contributed by atoms with van der Waals surface area (Å²) < 4.78 is 37.2. The predicted octanol–water partition coefficient (Wildman–Crippen LogP) is 1.31. The second-order valence-electron chi connectivity index (χ2n) is 2.78. The van der Waals surface area contributed by atoms with Gasteiger partial charge >= 0.3 is 6.18 Å². The summed E-state index contributed by atoms with van der Waals surface area (Å²) in [5.41, 5.74) is -3.63. The quantitative estimate of drug-likeness (QED) is 0.531. The number of aryl methyl sites for hydroxylation is 1. The van der Waals surface area contributed by atoms with E-state index < -0.39 is 27.9 Å². The molecular formula is C7H5F3N2O3. The number of halogens is 3. The van der Waals surface area contributed by atoms with E-state index >= 15 is 0 Å². The molecule has 1 rings (SSSR count). The zero-order chi connectivity index (χ0) is 11.8. The molecule has 0 saturated carbocycles. The molecule has 0 saturated heterocycles. The Kier molecular flexibility index (Phi) is 2.52. The fourth-order valence-electron chi connectivity index (χ4n) is 0.997. The van der Waals surface area contributed by atoms with Gasteiger partial charge < -0.3 is 4.57 Å². The Morgan fingerprint density at radius 2 is 2.00 bits per heavy atom. The van der Waals surface area contributed by atoms with Gasteiger partial charge in [0.15, 0.2) is 0 Å². The van der Waals surface area contributed by atoms with E-state index in [0.717, 1.165) is 13.2 Å². The lowest BCUT2D eigenvalue weighted by Crippen LogP contribution is -2.26. The molecule has 82 valence electrons. The van der Waals surface area contributed by atoms with Gasteiger partial charge in [0.05, 0.1) is 11.1 Å². The first-order valence-corrected chi connectivity index (χ1v) is 3.65. The predicted molar refractivity (Wildman–Crippen MR) is 43.3 cm³/mol. The number of rotatable bonds is 1. The van der Waals surface area contributed by atoms with Gasteiger partial charge in [0.25, 0.3) is 11.2 Å². The Balaban J connectivity index is 3.52. The van der Waals surface area contributed by atoms with Crippen molar-refractivity contribution in [1.82, 2.24) is 4.57 Å². The molecule has 15 heavy (non-hydrogen) atoms. The maximum Gasteiger partial charge on any atom is 0.421 e. The number of hydrogen-bond donors (Lipinski definition) is 0. The molecule has 0 aromatic carbocycles. The zero-order valence-corrected chi connectivity index (χ0v) is 7.41. The molecule has 8 heteroatoms. The van der Waals surface area contributed by atoms with E-state index in [9.17, 15) is 28.1 Å². The van der Waals surface area contributed by atoms with Crippen LogP contribution in [0.4, 0.5) is 18.9 Å². The maximum atomic E-state index is 12.2. The lowest BCUT2D eigenvalue weighted by Gasteiger charge is -2.06. The Hall–Kier alpha value is -1.86. The summed E-state index contributed by atoms with van der Waals surface area (Å²) in [6.45, 7) is 0. The first kappa shape index (κ1) is 11.2. The lowest BCUT2D eigenvalue weighted by atomic mass is 10.2. The van der Waals surface area contributed by atoms with Gasteiger partial charge in [0, 0.05) is 13.1 Å². The Labute approximate surface area is 80.9 Å². The summed E-state index contributed by atoms with van der Waals surface area (Å²) in [5.74, 6) is 0. The Morgan fingerprint density at radius 1 is 1.47 bits per heavy atom. The van der Waals surface area contributed by atoms with Crippen molar-refractivity contribution in [3.8, 4) is 0 Å². The van der Waals surface area contributed by atoms with Crippen LogP contribution in [0.3, 0.4) is 0 Å². The fraction of sp³-hybridized carbons (Fsp3) is 0.286. The second-order valence-corrected chi connectivity index (χ2v) is 2.78. The van der Waals surface area contributed by atoms with E-state index in [1.807, 2.05) is 0 Å². The van der Waals surface area contributed by atoms with Gasteiger partial charge in [-0.25, -0.2) is 0 Å². The fourth-order valence-corrected chi connectivity index (χ4v) is 0.997. The monoisotopic (exact) mass is 222 g/mol. The van der Waals surface area contributed by atoms with Gasteiger partial charge in [0.1, 0.15) is 5.56 Å². The SMILES string of the molecule is Cn1cc([N+](=O)[O-])cc(C(F)(F)F)c1=O. The molecule has 0 spiro atoms. The molecule has 0 aliphatic rings. The molecule has 0 fully saturated rings. The highest BCUT2D eigenvalue weighted by atomic mass is 19.4. The average Bonchev–Trinajstić information content (AvgIpc) is 2.06. The van der Waals surface area contributed by atoms with Crippen LogP contribution in [-0.4, -0.2) is 9.49 Å². The number of pyridine rings is 1. The lowest BCUT2D eigenvalue weighted by molar-refractivity contribution is -0.385. The van der Waals surface area contributed by atoms with E-state index in [2.05, 4.69) is 0 Å². The molecular weight excluding hydrogens is 217 g/mol. The second kappa shape index (κ2) is 3.37. The molecule has 1 heterocycles. The van der Waals surface area contributed by atoms with Crippen molar-refractivity contribution in [2.75, 3.05) is 0 Å². The van der Waals surface area contributed by atoms with Gasteiger partial charge in [-0.15, -0.1) is 0 Å². The van der Waals surface area contributed by atoms with E-state index in [-0.39, 0.29) is 6.07 Å². The summed E-state index contributed by atoms with van der Waals surface area (Å²) in [4.78, 5) is 20.3. The van der Waals surface area contributed by atoms with E-state index in [0.29, 0.717) is 4.57 Å². The minimum Gasteiger partial charge on any atom is -0.311 e. The molecule has 0 N–H and O–H groups in total. The van der Waals surface area contributed by atoms with Gasteiger partial charge in [-0.3, -0.25) is 14.9 Å². The number of aromatic nitrogens is 1. The Morgan fingerprint density at radius 3 is 2.40 bits per heavy atom. The highest BCUT2D eigenvalue weighted by Crippen LogP contribution is 2.28. The highest BCUT2D eigenvalue weighted by Gasteiger charge is 2.36. The summed E-state index contributed by atoms with van der Waals surface area (Å²) in [7, 11) is 1.02. The highest BCUT2D eigenvalue weighted by molar-refractivity contribution is 5.32. The molecule has 1 aromatic rings. The Bertz CT molecular complexity index is 464. The van der Waals surface area contributed by atoms with Gasteiger partial charge in [-0.2, -0.15) is 13.2 Å². The summed E-state index contributed by atoms with van der Waals surface area (Å²) in [6.07, 6.45) is -4.15. The van der Waals surface area contributed by atoms with Crippen molar-refractivity contribution in [3.63, 3.8) is 0 Å². The van der Waals surface area contributed by atoms with Crippen LogP contribution in [0, 0.1) is 10.1 Å². The van der Waals surface area contributed by atoms with Crippen LogP contribution < -0.4 is 5.56 Å². The molecule has 0 aliphatic carbocycles. The van der Waals surface area contributed by atoms with Gasteiger partial charge in [-0.1, -0.05) is 0 Å². The smallest absolute Gasteiger partial charge is 0.311 e. The maximum absolute atomic E-state index is 12.2. The third-order valence-electron chi connectivity index (χ3n) is 1.69. The van der Waals surface area contributed by atoms with Crippen molar-refractivity contribution in [3.05, 3.63) is 38.3 Å². The average molecular weight is 222 g/mol. The largest absolute Gasteiger partial charge is 0.421 e. The van der Waals surface area contributed by atoms with Crippen LogP contribution in [0.15, 0.2) is 17.1 Å². The van der Waals surface area contributed by atoms with Crippen LogP contribution >= 0.6 is 0 Å². The normalized spacial score (nSPS) is 11.5. The minimum atomic E-state index is -4.89. The van der Waals surface area contributed by atoms with Gasteiger partial charge in [0.2, 0.25) is 0 Å². The molecule has 0 amide bonds. The van der Waals surface area contributed by atoms with E-state index in [1.165, 1.54) is 0 Å². The number of nitrogens with zero attached hydrogens (tertiary/aromatic N) is 2. The van der Waals surface area contributed by atoms with E-state index in [1.54, 1.807) is 0 Å². The summed E-state index contributed by atoms with van der Waals surface area (Å²) in [6, 6.07) is 0.225. The molecule has 1 aromatic heterocycles. The molecule has 5 nitrogen and oxygen atoms in total. The molecule has 0 atom stereocenters. The number of alkyl halides is 3. The topological polar surface area (TPSA) is 65.1 Å². The summed E-state index contributed by atoms with van der Waals surface area (Å²) >= 11 is 0. The van der Waals surface area contributed by atoms with Crippen molar-refractivity contribution >= 4 is 5.69 Å². The molecule has 0 aliphatic heterocycles. The van der Waals surface area contributed by atoms with Crippen molar-refractivity contribution in [1.29, 1.82) is 0 Å². The standard InChI is InChI=1S/C7H5F3N2O3/c1-11-3-4(12(14)15)2-5(6(11)13)7(8,9)10/h2-3H,1H3. The van der Waals surface area contributed by atoms with Crippen molar-refractivity contribution < 1.29 is 18.1 Å². The van der Waals surface area contributed by atoms with Crippen molar-refractivity contribution in [2.24, 2.45) is 7.05 Å². The number of hydrogen-bond acceptors (Lipinski definition) is 3. The van der Waals surface area contributed by atoms with Gasteiger partial charge in [-0.05, 0) is 0 Å². The first-order chi connectivity index (χ1) is 6.73. The van der Waals surface area contributed by atoms with Crippen LogP contribution in [0.5, 0.6) is 0 Å². The summed E-state index contributed by atoms with van der Waals surface area (Å²) in [5, 5.41) is 10.3. The first-order valence-electron chi connectivity index (χ1n) is 3.65. The number of nitro groups is 1. The van der Waals surface area contributed by atoms with Crippen LogP contribution in [-0.2, 0) is 13.2 Å². The van der Waals surface area contributed by atoms with Crippen LogP contribution in [0.25, 0.3) is 0 Å².